The molecule has 1 atom stereocenters. The Labute approximate surface area is 202 Å². The molecule has 0 aliphatic carbocycles. The standard InChI is InChI=1S/C25H23FN2O6S/c1-16(24(29)27-21-9-5-4-8-20(21)26)34-25(30)19-15-18(11-12-23(19)33-2)35(31,32)28-14-13-17-7-3-6-10-22(17)28/h3-12,15-16H,13-14H2,1-2H3,(H,27,29). The predicted molar refractivity (Wildman–Crippen MR) is 128 cm³/mol. The highest BCUT2D eigenvalue weighted by Gasteiger charge is 2.32. The van der Waals surface area contributed by atoms with Crippen LogP contribution in [0, 0.1) is 5.82 Å². The second kappa shape index (κ2) is 9.75. The molecule has 1 heterocycles. The number of sulfonamides is 1. The SMILES string of the molecule is COc1ccc(S(=O)(=O)N2CCc3ccccc32)cc1C(=O)OC(C)C(=O)Nc1ccccc1F. The van der Waals surface area contributed by atoms with Gasteiger partial charge in [-0.2, -0.15) is 0 Å². The highest BCUT2D eigenvalue weighted by atomic mass is 32.2. The highest BCUT2D eigenvalue weighted by Crippen LogP contribution is 2.34. The highest BCUT2D eigenvalue weighted by molar-refractivity contribution is 7.92. The van der Waals surface area contributed by atoms with Crippen LogP contribution in [0.3, 0.4) is 0 Å². The molecule has 1 aliphatic rings. The van der Waals surface area contributed by atoms with Crippen molar-refractivity contribution in [2.45, 2.75) is 24.3 Å². The van der Waals surface area contributed by atoms with E-state index in [9.17, 15) is 22.4 Å². The number of fused-ring (bicyclic) bond motifs is 1. The fourth-order valence-electron chi connectivity index (χ4n) is 3.77. The van der Waals surface area contributed by atoms with Gasteiger partial charge in [0.2, 0.25) is 0 Å². The average Bonchev–Trinajstić information content (AvgIpc) is 3.30. The number of carbonyl (C=O) groups is 2. The van der Waals surface area contributed by atoms with Gasteiger partial charge in [-0.1, -0.05) is 30.3 Å². The Hall–Kier alpha value is -3.92. The van der Waals surface area contributed by atoms with Crippen LogP contribution in [0.15, 0.2) is 71.6 Å². The molecule has 10 heteroatoms. The van der Waals surface area contributed by atoms with Gasteiger partial charge >= 0.3 is 5.97 Å². The number of anilines is 2. The lowest BCUT2D eigenvalue weighted by Gasteiger charge is -2.20. The van der Waals surface area contributed by atoms with E-state index in [1.165, 1.54) is 54.7 Å². The topological polar surface area (TPSA) is 102 Å². The number of carbonyl (C=O) groups excluding carboxylic acids is 2. The maximum atomic E-state index is 13.8. The number of esters is 1. The second-order valence-corrected chi connectivity index (χ2v) is 9.70. The van der Waals surface area contributed by atoms with Crippen molar-refractivity contribution in [2.75, 3.05) is 23.3 Å². The Balaban J connectivity index is 1.56. The van der Waals surface area contributed by atoms with Crippen LogP contribution in [0.25, 0.3) is 0 Å². The molecule has 0 bridgehead atoms. The molecule has 0 saturated carbocycles. The number of amides is 1. The Bertz CT molecular complexity index is 1390. The van der Waals surface area contributed by atoms with E-state index in [0.29, 0.717) is 12.1 Å². The van der Waals surface area contributed by atoms with E-state index in [0.717, 1.165) is 5.56 Å². The molecule has 0 fully saturated rings. The summed E-state index contributed by atoms with van der Waals surface area (Å²) in [6.07, 6.45) is -0.715. The lowest BCUT2D eigenvalue weighted by molar-refractivity contribution is -0.123. The van der Waals surface area contributed by atoms with Gasteiger partial charge in [0.15, 0.2) is 6.10 Å². The van der Waals surface area contributed by atoms with E-state index in [1.54, 1.807) is 18.2 Å². The van der Waals surface area contributed by atoms with Crippen molar-refractivity contribution in [1.29, 1.82) is 0 Å². The number of halogens is 1. The molecule has 3 aromatic carbocycles. The number of methoxy groups -OCH3 is 1. The molecular weight excluding hydrogens is 475 g/mol. The number of nitrogens with zero attached hydrogens (tertiary/aromatic N) is 1. The Kier molecular flexibility index (Phi) is 6.74. The Morgan fingerprint density at radius 1 is 1.06 bits per heavy atom. The summed E-state index contributed by atoms with van der Waals surface area (Å²) in [7, 11) is -2.65. The number of ether oxygens (including phenoxy) is 2. The van der Waals surface area contributed by atoms with Crippen molar-refractivity contribution in [3.05, 3.63) is 83.7 Å². The van der Waals surface area contributed by atoms with E-state index in [-0.39, 0.29) is 28.4 Å². The molecule has 1 amide bonds. The van der Waals surface area contributed by atoms with E-state index in [2.05, 4.69) is 5.32 Å². The number of hydrogen-bond acceptors (Lipinski definition) is 6. The van der Waals surface area contributed by atoms with Crippen LogP contribution in [-0.4, -0.2) is 40.1 Å². The summed E-state index contributed by atoms with van der Waals surface area (Å²) in [5, 5.41) is 2.35. The van der Waals surface area contributed by atoms with Crippen molar-refractivity contribution < 1.29 is 31.9 Å². The summed E-state index contributed by atoms with van der Waals surface area (Å²) in [5.41, 5.74) is 1.29. The lowest BCUT2D eigenvalue weighted by atomic mass is 10.2. The third kappa shape index (κ3) is 4.83. The maximum absolute atomic E-state index is 13.8. The molecule has 1 unspecified atom stereocenters. The zero-order valence-corrected chi connectivity index (χ0v) is 19.8. The van der Waals surface area contributed by atoms with Gasteiger partial charge in [-0.05, 0) is 55.3 Å². The zero-order valence-electron chi connectivity index (χ0n) is 19.0. The first-order valence-corrected chi connectivity index (χ1v) is 12.2. The second-order valence-electron chi connectivity index (χ2n) is 7.83. The van der Waals surface area contributed by atoms with Gasteiger partial charge in [-0.15, -0.1) is 0 Å². The smallest absolute Gasteiger partial charge is 0.342 e. The first-order valence-electron chi connectivity index (χ1n) is 10.8. The van der Waals surface area contributed by atoms with Crippen molar-refractivity contribution in [2.24, 2.45) is 0 Å². The lowest BCUT2D eigenvalue weighted by Crippen LogP contribution is -2.31. The molecule has 0 aromatic heterocycles. The number of benzene rings is 3. The Morgan fingerprint density at radius 3 is 2.51 bits per heavy atom. The van der Waals surface area contributed by atoms with Gasteiger partial charge in [0.05, 0.1) is 23.4 Å². The molecule has 0 spiro atoms. The summed E-state index contributed by atoms with van der Waals surface area (Å²) in [5.74, 6) is -2.27. The van der Waals surface area contributed by atoms with E-state index >= 15 is 0 Å². The minimum Gasteiger partial charge on any atom is -0.496 e. The minimum atomic E-state index is -3.97. The first-order chi connectivity index (χ1) is 16.7. The van der Waals surface area contributed by atoms with E-state index in [4.69, 9.17) is 9.47 Å². The van der Waals surface area contributed by atoms with Crippen LogP contribution in [-0.2, 0) is 26.0 Å². The van der Waals surface area contributed by atoms with Crippen LogP contribution in [0.1, 0.15) is 22.8 Å². The molecular formula is C25H23FN2O6S. The summed E-state index contributed by atoms with van der Waals surface area (Å²) in [6, 6.07) is 16.7. The molecule has 3 aromatic rings. The predicted octanol–water partition coefficient (Wildman–Crippen LogP) is 3.77. The number of para-hydroxylation sites is 2. The normalized spacial score (nSPS) is 13.6. The summed E-state index contributed by atoms with van der Waals surface area (Å²) in [4.78, 5) is 25.2. The van der Waals surface area contributed by atoms with Gasteiger partial charge in [-0.25, -0.2) is 17.6 Å². The molecule has 1 aliphatic heterocycles. The summed E-state index contributed by atoms with van der Waals surface area (Å²) < 4.78 is 52.3. The van der Waals surface area contributed by atoms with Gasteiger partial charge in [0.1, 0.15) is 17.1 Å². The summed E-state index contributed by atoms with van der Waals surface area (Å²) in [6.45, 7) is 1.60. The summed E-state index contributed by atoms with van der Waals surface area (Å²) >= 11 is 0. The van der Waals surface area contributed by atoms with Crippen LogP contribution in [0.2, 0.25) is 0 Å². The third-order valence-electron chi connectivity index (χ3n) is 5.61. The molecule has 0 saturated heterocycles. The third-order valence-corrected chi connectivity index (χ3v) is 7.42. The number of hydrogen-bond donors (Lipinski definition) is 1. The Morgan fingerprint density at radius 2 is 1.77 bits per heavy atom. The first kappa shape index (κ1) is 24.2. The minimum absolute atomic E-state index is 0.0584. The van der Waals surface area contributed by atoms with E-state index in [1.807, 2.05) is 12.1 Å². The zero-order chi connectivity index (χ0) is 25.2. The van der Waals surface area contributed by atoms with Gasteiger partial charge in [0.25, 0.3) is 15.9 Å². The monoisotopic (exact) mass is 498 g/mol. The quantitative estimate of drug-likeness (QED) is 0.498. The van der Waals surface area contributed by atoms with E-state index < -0.39 is 33.8 Å². The molecule has 35 heavy (non-hydrogen) atoms. The molecule has 0 radical (unpaired) electrons. The van der Waals surface area contributed by atoms with Gasteiger partial charge < -0.3 is 14.8 Å². The molecule has 8 nitrogen and oxygen atoms in total. The van der Waals surface area contributed by atoms with Crippen molar-refractivity contribution in [3.63, 3.8) is 0 Å². The van der Waals surface area contributed by atoms with Crippen LogP contribution in [0.4, 0.5) is 15.8 Å². The molecule has 4 rings (SSSR count). The average molecular weight is 499 g/mol. The fraction of sp³-hybridized carbons (Fsp3) is 0.200. The largest absolute Gasteiger partial charge is 0.496 e. The fourth-order valence-corrected chi connectivity index (χ4v) is 5.30. The van der Waals surface area contributed by atoms with Gasteiger partial charge in [-0.3, -0.25) is 9.10 Å². The maximum Gasteiger partial charge on any atom is 0.342 e. The number of nitrogens with one attached hydrogen (secondary N) is 1. The van der Waals surface area contributed by atoms with Crippen molar-refractivity contribution in [1.82, 2.24) is 0 Å². The number of rotatable bonds is 7. The van der Waals surface area contributed by atoms with Crippen LogP contribution < -0.4 is 14.4 Å². The van der Waals surface area contributed by atoms with Crippen LogP contribution in [0.5, 0.6) is 5.75 Å². The van der Waals surface area contributed by atoms with Crippen LogP contribution >= 0.6 is 0 Å². The molecule has 182 valence electrons. The molecule has 1 N–H and O–H groups in total. The van der Waals surface area contributed by atoms with Gasteiger partial charge in [0, 0.05) is 6.54 Å². The van der Waals surface area contributed by atoms with Crippen molar-refractivity contribution in [3.8, 4) is 5.75 Å². The van der Waals surface area contributed by atoms with Crippen molar-refractivity contribution >= 4 is 33.3 Å².